The zero-order valence-electron chi connectivity index (χ0n) is 16.3. The molecule has 160 valence electrons. The minimum atomic E-state index is -4.41. The third-order valence-electron chi connectivity index (χ3n) is 5.01. The third-order valence-corrected chi connectivity index (χ3v) is 6.05. The van der Waals surface area contributed by atoms with Crippen molar-refractivity contribution >= 4 is 33.1 Å². The highest BCUT2D eigenvalue weighted by Gasteiger charge is 2.32. The van der Waals surface area contributed by atoms with E-state index >= 15 is 0 Å². The highest BCUT2D eigenvalue weighted by molar-refractivity contribution is 7.16. The Morgan fingerprint density at radius 2 is 1.87 bits per heavy atom. The van der Waals surface area contributed by atoms with E-state index in [4.69, 9.17) is 4.74 Å². The molecule has 1 N–H and O–H groups in total. The fourth-order valence-corrected chi connectivity index (χ4v) is 4.27. The molecule has 0 spiro atoms. The van der Waals surface area contributed by atoms with Crippen molar-refractivity contribution in [2.75, 3.05) is 18.5 Å². The van der Waals surface area contributed by atoms with Crippen molar-refractivity contribution in [3.63, 3.8) is 0 Å². The first kappa shape index (κ1) is 21.0. The number of morpholine rings is 1. The van der Waals surface area contributed by atoms with E-state index in [1.54, 1.807) is 0 Å². The lowest BCUT2D eigenvalue weighted by molar-refractivity contribution is -0.134. The molecular formula is C20H20F4N4OS. The molecule has 0 aliphatic carbocycles. The van der Waals surface area contributed by atoms with Gasteiger partial charge >= 0.3 is 6.18 Å². The molecule has 5 nitrogen and oxygen atoms in total. The number of alkyl halides is 3. The normalized spacial score (nSPS) is 20.6. The second-order valence-electron chi connectivity index (χ2n) is 7.34. The van der Waals surface area contributed by atoms with Gasteiger partial charge in [-0.15, -0.1) is 11.3 Å². The molecule has 10 heteroatoms. The number of anilines is 2. The molecule has 0 saturated carbocycles. The molecule has 3 aromatic rings. The Labute approximate surface area is 174 Å². The summed E-state index contributed by atoms with van der Waals surface area (Å²) in [6.07, 6.45) is -4.41. The SMILES string of the molecule is CC1COCC(C)N1Cc1nc(Nc2ccc(C(F)(F)F)s2)c2ccc(F)cc2n1. The molecule has 1 aliphatic rings. The number of thiophene rings is 1. The molecule has 1 aromatic carbocycles. The number of hydrogen-bond donors (Lipinski definition) is 1. The van der Waals surface area contributed by atoms with Crippen LogP contribution in [0, 0.1) is 5.82 Å². The van der Waals surface area contributed by atoms with Crippen LogP contribution in [0.5, 0.6) is 0 Å². The maximum Gasteiger partial charge on any atom is 0.425 e. The summed E-state index contributed by atoms with van der Waals surface area (Å²) in [5.74, 6) is 0.365. The number of aromatic nitrogens is 2. The zero-order chi connectivity index (χ0) is 21.5. The summed E-state index contributed by atoms with van der Waals surface area (Å²) in [6.45, 7) is 5.69. The quantitative estimate of drug-likeness (QED) is 0.565. The van der Waals surface area contributed by atoms with Gasteiger partial charge in [0.1, 0.15) is 22.3 Å². The van der Waals surface area contributed by atoms with Crippen molar-refractivity contribution in [1.29, 1.82) is 0 Å². The maximum atomic E-state index is 13.8. The number of hydrogen-bond acceptors (Lipinski definition) is 6. The Morgan fingerprint density at radius 3 is 2.53 bits per heavy atom. The van der Waals surface area contributed by atoms with Gasteiger partial charge in [0.2, 0.25) is 0 Å². The van der Waals surface area contributed by atoms with Gasteiger partial charge in [0.15, 0.2) is 0 Å². The van der Waals surface area contributed by atoms with Gasteiger partial charge in [-0.1, -0.05) is 0 Å². The summed E-state index contributed by atoms with van der Waals surface area (Å²) in [7, 11) is 0. The van der Waals surface area contributed by atoms with Crippen molar-refractivity contribution in [3.8, 4) is 0 Å². The fraction of sp³-hybridized carbons (Fsp3) is 0.400. The summed E-state index contributed by atoms with van der Waals surface area (Å²) in [4.78, 5) is 10.5. The number of ether oxygens (including phenoxy) is 1. The van der Waals surface area contributed by atoms with Crippen LogP contribution in [-0.2, 0) is 17.5 Å². The lowest BCUT2D eigenvalue weighted by atomic mass is 10.1. The summed E-state index contributed by atoms with van der Waals surface area (Å²) >= 11 is 0.591. The predicted octanol–water partition coefficient (Wildman–Crippen LogP) is 5.20. The molecule has 2 aromatic heterocycles. The van der Waals surface area contributed by atoms with E-state index in [1.165, 1.54) is 24.3 Å². The van der Waals surface area contributed by atoms with Crippen LogP contribution in [0.15, 0.2) is 30.3 Å². The van der Waals surface area contributed by atoms with Gasteiger partial charge in [-0.25, -0.2) is 14.4 Å². The predicted molar refractivity (Wildman–Crippen MR) is 107 cm³/mol. The first-order valence-electron chi connectivity index (χ1n) is 9.44. The first-order valence-corrected chi connectivity index (χ1v) is 10.3. The Bertz CT molecular complexity index is 1040. The van der Waals surface area contributed by atoms with Crippen LogP contribution in [0.4, 0.5) is 28.4 Å². The summed E-state index contributed by atoms with van der Waals surface area (Å²) in [5, 5.41) is 3.79. The van der Waals surface area contributed by atoms with Crippen LogP contribution in [-0.4, -0.2) is 40.2 Å². The van der Waals surface area contributed by atoms with E-state index in [0.29, 0.717) is 58.6 Å². The Kier molecular flexibility index (Phi) is 5.65. The Hall–Kier alpha value is -2.30. The largest absolute Gasteiger partial charge is 0.425 e. The van der Waals surface area contributed by atoms with E-state index < -0.39 is 16.9 Å². The average Bonchev–Trinajstić information content (AvgIpc) is 3.13. The van der Waals surface area contributed by atoms with E-state index in [-0.39, 0.29) is 12.1 Å². The summed E-state index contributed by atoms with van der Waals surface area (Å²) in [5.41, 5.74) is 0.392. The molecular weight excluding hydrogens is 420 g/mol. The van der Waals surface area contributed by atoms with Crippen molar-refractivity contribution in [1.82, 2.24) is 14.9 Å². The van der Waals surface area contributed by atoms with Crippen LogP contribution in [0.2, 0.25) is 0 Å². The molecule has 0 radical (unpaired) electrons. The van der Waals surface area contributed by atoms with Crippen LogP contribution in [0.1, 0.15) is 24.5 Å². The molecule has 0 amide bonds. The standard InChI is InChI=1S/C20H20F4N4OS/c1-11-9-29-10-12(2)28(11)8-17-25-15-7-13(21)3-4-14(15)19(26-17)27-18-6-5-16(30-18)20(22,23)24/h3-7,11-12H,8-10H2,1-2H3,(H,25,26,27). The zero-order valence-corrected chi connectivity index (χ0v) is 17.1. The molecule has 0 bridgehead atoms. The van der Waals surface area contributed by atoms with Crippen LogP contribution in [0.25, 0.3) is 10.9 Å². The smallest absolute Gasteiger partial charge is 0.378 e. The van der Waals surface area contributed by atoms with Gasteiger partial charge in [0, 0.05) is 23.5 Å². The Morgan fingerprint density at radius 1 is 1.13 bits per heavy atom. The van der Waals surface area contributed by atoms with Gasteiger partial charge in [0.05, 0.1) is 30.3 Å². The minimum Gasteiger partial charge on any atom is -0.378 e. The number of fused-ring (bicyclic) bond motifs is 1. The maximum absolute atomic E-state index is 13.8. The van der Waals surface area contributed by atoms with E-state index in [2.05, 4.69) is 20.2 Å². The highest BCUT2D eigenvalue weighted by Crippen LogP contribution is 2.38. The second kappa shape index (κ2) is 8.09. The van der Waals surface area contributed by atoms with Gasteiger partial charge in [-0.2, -0.15) is 13.2 Å². The number of halogens is 4. The second-order valence-corrected chi connectivity index (χ2v) is 8.43. The summed E-state index contributed by atoms with van der Waals surface area (Å²) < 4.78 is 58.2. The molecule has 2 unspecified atom stereocenters. The lowest BCUT2D eigenvalue weighted by Crippen LogP contribution is -2.49. The van der Waals surface area contributed by atoms with Crippen molar-refractivity contribution in [2.24, 2.45) is 0 Å². The van der Waals surface area contributed by atoms with Crippen molar-refractivity contribution in [3.05, 3.63) is 46.9 Å². The van der Waals surface area contributed by atoms with Crippen LogP contribution < -0.4 is 5.32 Å². The van der Waals surface area contributed by atoms with Gasteiger partial charge < -0.3 is 10.1 Å². The van der Waals surface area contributed by atoms with Gasteiger partial charge in [0.25, 0.3) is 0 Å². The summed E-state index contributed by atoms with van der Waals surface area (Å²) in [6, 6.07) is 6.79. The lowest BCUT2D eigenvalue weighted by Gasteiger charge is -2.38. The van der Waals surface area contributed by atoms with E-state index in [0.717, 1.165) is 6.07 Å². The van der Waals surface area contributed by atoms with E-state index in [9.17, 15) is 17.6 Å². The monoisotopic (exact) mass is 440 g/mol. The van der Waals surface area contributed by atoms with E-state index in [1.807, 2.05) is 13.8 Å². The molecule has 1 aliphatic heterocycles. The molecule has 1 saturated heterocycles. The Balaban J connectivity index is 1.70. The first-order chi connectivity index (χ1) is 14.2. The number of nitrogens with zero attached hydrogens (tertiary/aromatic N) is 3. The fourth-order valence-electron chi connectivity index (χ4n) is 3.50. The molecule has 1 fully saturated rings. The van der Waals surface area contributed by atoms with Gasteiger partial charge in [-0.05, 0) is 38.1 Å². The molecule has 3 heterocycles. The third kappa shape index (κ3) is 4.40. The van der Waals surface area contributed by atoms with Crippen molar-refractivity contribution in [2.45, 2.75) is 38.7 Å². The van der Waals surface area contributed by atoms with Crippen LogP contribution >= 0.6 is 11.3 Å². The number of rotatable bonds is 4. The van der Waals surface area contributed by atoms with Crippen LogP contribution in [0.3, 0.4) is 0 Å². The van der Waals surface area contributed by atoms with Crippen molar-refractivity contribution < 1.29 is 22.3 Å². The minimum absolute atomic E-state index is 0.156. The number of benzene rings is 1. The number of nitrogens with one attached hydrogen (secondary N) is 1. The highest BCUT2D eigenvalue weighted by atomic mass is 32.1. The van der Waals surface area contributed by atoms with Gasteiger partial charge in [-0.3, -0.25) is 4.90 Å². The molecule has 4 rings (SSSR count). The molecule has 30 heavy (non-hydrogen) atoms. The average molecular weight is 440 g/mol. The topological polar surface area (TPSA) is 50.3 Å². The molecule has 2 atom stereocenters.